The number of rotatable bonds is 4. The molecule has 0 aliphatic rings. The van der Waals surface area contributed by atoms with Crippen molar-refractivity contribution in [2.24, 2.45) is 0 Å². The molecule has 0 saturated carbocycles. The van der Waals surface area contributed by atoms with Gasteiger partial charge in [-0.05, 0) is 18.7 Å². The van der Waals surface area contributed by atoms with Gasteiger partial charge in [0.2, 0.25) is 0 Å². The van der Waals surface area contributed by atoms with Crippen LogP contribution in [-0.4, -0.2) is 23.3 Å². The predicted octanol–water partition coefficient (Wildman–Crippen LogP) is 4.41. The molecule has 10 heteroatoms. The first kappa shape index (κ1) is 18.6. The molecule has 0 radical (unpaired) electrons. The van der Waals surface area contributed by atoms with Crippen molar-refractivity contribution in [2.75, 3.05) is 12.4 Å². The molecule has 0 aliphatic carbocycles. The van der Waals surface area contributed by atoms with Gasteiger partial charge in [-0.25, -0.2) is 9.78 Å². The fourth-order valence-electron chi connectivity index (χ4n) is 1.54. The molecule has 0 saturated heterocycles. The molecule has 1 heterocycles. The zero-order chi connectivity index (χ0) is 17.1. The van der Waals surface area contributed by atoms with Crippen LogP contribution in [0.1, 0.15) is 35.6 Å². The second-order valence-electron chi connectivity index (χ2n) is 3.88. The summed E-state index contributed by atoms with van der Waals surface area (Å²) in [4.78, 5) is 13.8. The molecule has 0 bridgehead atoms. The Balaban J connectivity index is 3.66. The molecule has 0 aromatic carbocycles. The minimum absolute atomic E-state index is 0.172. The predicted molar refractivity (Wildman–Crippen MR) is 66.6 cm³/mol. The number of hydrogen-bond donors (Lipinski definition) is 0. The summed E-state index contributed by atoms with van der Waals surface area (Å²) in [5.74, 6) is -1.18. The Bertz CT molecular complexity index is 556. The fourth-order valence-corrected chi connectivity index (χ4v) is 2.37. The van der Waals surface area contributed by atoms with Crippen molar-refractivity contribution in [2.45, 2.75) is 31.1 Å². The van der Waals surface area contributed by atoms with Crippen LogP contribution < -0.4 is 0 Å². The van der Waals surface area contributed by atoms with E-state index in [1.54, 1.807) is 0 Å². The van der Waals surface area contributed by atoms with Gasteiger partial charge in [-0.1, -0.05) is 6.92 Å². The minimum Gasteiger partial charge on any atom is -0.462 e. The summed E-state index contributed by atoms with van der Waals surface area (Å²) in [5.41, 5.74) is -4.59. The highest BCUT2D eigenvalue weighted by atomic mass is 32.2. The molecular weight excluding hydrogens is 336 g/mol. The Morgan fingerprint density at radius 3 is 2.18 bits per heavy atom. The lowest BCUT2D eigenvalue weighted by molar-refractivity contribution is -0.150. The van der Waals surface area contributed by atoms with Crippen LogP contribution in [0.5, 0.6) is 0 Å². The molecule has 3 nitrogen and oxygen atoms in total. The number of carbonyl (C=O) groups excluding carboxylic acids is 1. The van der Waals surface area contributed by atoms with Gasteiger partial charge < -0.3 is 4.74 Å². The highest BCUT2D eigenvalue weighted by molar-refractivity contribution is 7.99. The van der Waals surface area contributed by atoms with Gasteiger partial charge in [0.1, 0.15) is 11.3 Å². The van der Waals surface area contributed by atoms with Crippen LogP contribution in [0.4, 0.5) is 26.3 Å². The molecule has 1 aromatic rings. The number of halogens is 6. The van der Waals surface area contributed by atoms with Crippen LogP contribution in [0.2, 0.25) is 0 Å². The van der Waals surface area contributed by atoms with Crippen molar-refractivity contribution in [1.82, 2.24) is 4.98 Å². The molecular formula is C12H11F6NO2S. The number of nitrogens with zero attached hydrogens (tertiary/aromatic N) is 1. The number of aromatic nitrogens is 1. The normalized spacial score (nSPS) is 12.4. The smallest absolute Gasteiger partial charge is 0.434 e. The maximum Gasteiger partial charge on any atom is 0.434 e. The van der Waals surface area contributed by atoms with E-state index in [4.69, 9.17) is 0 Å². The first-order chi connectivity index (χ1) is 10.0. The lowest BCUT2D eigenvalue weighted by atomic mass is 10.1. The summed E-state index contributed by atoms with van der Waals surface area (Å²) >= 11 is 0.676. The van der Waals surface area contributed by atoms with Gasteiger partial charge in [-0.3, -0.25) is 0 Å². The van der Waals surface area contributed by atoms with E-state index in [1.165, 1.54) is 13.8 Å². The lowest BCUT2D eigenvalue weighted by Crippen LogP contribution is -2.22. The molecule has 0 aliphatic heterocycles. The summed E-state index contributed by atoms with van der Waals surface area (Å²) in [6, 6.07) is 0.426. The first-order valence-electron chi connectivity index (χ1n) is 6.01. The summed E-state index contributed by atoms with van der Waals surface area (Å²) in [5, 5.41) is 0. The largest absolute Gasteiger partial charge is 0.462 e. The number of carbonyl (C=O) groups is 1. The fraction of sp³-hybridized carbons (Fsp3) is 0.500. The standard InChI is InChI=1S/C12H11F6NO2S/c1-3-21-10(20)8-6(22-4-2)5-7(11(13,14)15)19-9(8)12(16,17)18/h5H,3-4H2,1-2H3. The van der Waals surface area contributed by atoms with E-state index in [0.717, 1.165) is 0 Å². The van der Waals surface area contributed by atoms with Crippen molar-refractivity contribution in [3.05, 3.63) is 23.0 Å². The molecule has 0 spiro atoms. The number of esters is 1. The van der Waals surface area contributed by atoms with Crippen LogP contribution in [0.25, 0.3) is 0 Å². The lowest BCUT2D eigenvalue weighted by Gasteiger charge is -2.17. The average molecular weight is 347 g/mol. The van der Waals surface area contributed by atoms with Crippen molar-refractivity contribution < 1.29 is 35.9 Å². The minimum atomic E-state index is -5.22. The molecule has 0 amide bonds. The van der Waals surface area contributed by atoms with E-state index in [-0.39, 0.29) is 12.4 Å². The molecule has 22 heavy (non-hydrogen) atoms. The highest BCUT2D eigenvalue weighted by Crippen LogP contribution is 2.39. The van der Waals surface area contributed by atoms with Crippen molar-refractivity contribution in [3.8, 4) is 0 Å². The van der Waals surface area contributed by atoms with E-state index >= 15 is 0 Å². The zero-order valence-electron chi connectivity index (χ0n) is 11.4. The quantitative estimate of drug-likeness (QED) is 0.460. The Morgan fingerprint density at radius 1 is 1.18 bits per heavy atom. The Hall–Kier alpha value is -1.45. The van der Waals surface area contributed by atoms with Gasteiger partial charge in [0.05, 0.1) is 6.61 Å². The molecule has 0 unspecified atom stereocenters. The number of ether oxygens (including phenoxy) is 1. The summed E-state index contributed by atoms with van der Waals surface area (Å²) in [6.07, 6.45) is -10.3. The average Bonchev–Trinajstić information content (AvgIpc) is 2.36. The van der Waals surface area contributed by atoms with Crippen LogP contribution in [0.15, 0.2) is 11.0 Å². The Morgan fingerprint density at radius 2 is 1.77 bits per heavy atom. The number of hydrogen-bond acceptors (Lipinski definition) is 4. The van der Waals surface area contributed by atoms with Gasteiger partial charge in [0.15, 0.2) is 5.69 Å². The van der Waals surface area contributed by atoms with Crippen molar-refractivity contribution in [1.29, 1.82) is 0 Å². The topological polar surface area (TPSA) is 39.2 Å². The van der Waals surface area contributed by atoms with Gasteiger partial charge >= 0.3 is 18.3 Å². The summed E-state index contributed by atoms with van der Waals surface area (Å²) in [7, 11) is 0. The van der Waals surface area contributed by atoms with Gasteiger partial charge in [-0.2, -0.15) is 26.3 Å². The second kappa shape index (κ2) is 6.76. The van der Waals surface area contributed by atoms with Crippen molar-refractivity contribution >= 4 is 17.7 Å². The van der Waals surface area contributed by atoms with Crippen LogP contribution in [0, 0.1) is 0 Å². The third kappa shape index (κ3) is 4.28. The van der Waals surface area contributed by atoms with Crippen molar-refractivity contribution in [3.63, 3.8) is 0 Å². The maximum atomic E-state index is 13.0. The Labute approximate surface area is 126 Å². The van der Waals surface area contributed by atoms with Crippen LogP contribution >= 0.6 is 11.8 Å². The first-order valence-corrected chi connectivity index (χ1v) is 7.00. The number of alkyl halides is 6. The molecule has 0 N–H and O–H groups in total. The summed E-state index contributed by atoms with van der Waals surface area (Å²) < 4.78 is 81.6. The van der Waals surface area contributed by atoms with Crippen LogP contribution in [-0.2, 0) is 17.1 Å². The molecule has 0 atom stereocenters. The Kier molecular flexibility index (Phi) is 5.71. The highest BCUT2D eigenvalue weighted by Gasteiger charge is 2.43. The summed E-state index contributed by atoms with van der Waals surface area (Å²) in [6.45, 7) is 2.68. The SMILES string of the molecule is CCOC(=O)c1c(SCC)cc(C(F)(F)F)nc1C(F)(F)F. The number of pyridine rings is 1. The molecule has 124 valence electrons. The van der Waals surface area contributed by atoms with E-state index in [1.807, 2.05) is 0 Å². The molecule has 1 aromatic heterocycles. The van der Waals surface area contributed by atoms with E-state index < -0.39 is 40.2 Å². The van der Waals surface area contributed by atoms with Gasteiger partial charge in [-0.15, -0.1) is 11.8 Å². The third-order valence-corrected chi connectivity index (χ3v) is 3.24. The van der Waals surface area contributed by atoms with E-state index in [2.05, 4.69) is 9.72 Å². The van der Waals surface area contributed by atoms with E-state index in [0.29, 0.717) is 17.8 Å². The van der Waals surface area contributed by atoms with Gasteiger partial charge in [0, 0.05) is 4.90 Å². The number of thioether (sulfide) groups is 1. The third-order valence-electron chi connectivity index (χ3n) is 2.32. The van der Waals surface area contributed by atoms with Gasteiger partial charge in [0.25, 0.3) is 0 Å². The molecule has 0 fully saturated rings. The molecule has 1 rings (SSSR count). The second-order valence-corrected chi connectivity index (χ2v) is 5.18. The van der Waals surface area contributed by atoms with E-state index in [9.17, 15) is 31.1 Å². The monoisotopic (exact) mass is 347 g/mol. The zero-order valence-corrected chi connectivity index (χ0v) is 12.2. The van der Waals surface area contributed by atoms with Crippen LogP contribution in [0.3, 0.4) is 0 Å². The maximum absolute atomic E-state index is 13.0.